The van der Waals surface area contributed by atoms with E-state index in [9.17, 15) is 19.8 Å². The third kappa shape index (κ3) is 5.81. The number of hydrogen-bond donors (Lipinski definition) is 4. The number of aromatic amines is 2. The summed E-state index contributed by atoms with van der Waals surface area (Å²) < 4.78 is 0. The largest absolute Gasteiger partial charge is 0.481 e. The minimum absolute atomic E-state index is 0. The van der Waals surface area contributed by atoms with Crippen molar-refractivity contribution < 1.29 is 39.3 Å². The minimum atomic E-state index is -0.866. The average molecular weight is 520 g/mol. The van der Waals surface area contributed by atoms with Crippen molar-refractivity contribution in [3.05, 3.63) is 70.3 Å². The summed E-state index contributed by atoms with van der Waals surface area (Å²) in [6.45, 7) is 0. The number of aliphatic carboxylic acids is 2. The van der Waals surface area contributed by atoms with E-state index < -0.39 is 11.9 Å². The first kappa shape index (κ1) is 24.3. The van der Waals surface area contributed by atoms with Crippen LogP contribution in [0.15, 0.2) is 36.4 Å². The molecule has 0 spiro atoms. The first-order valence-electron chi connectivity index (χ1n) is 10.9. The molecule has 0 radical (unpaired) electrons. The van der Waals surface area contributed by atoms with Crippen LogP contribution in [0.1, 0.15) is 46.7 Å². The van der Waals surface area contributed by atoms with Gasteiger partial charge < -0.3 is 20.2 Å². The molecule has 3 aromatic rings. The van der Waals surface area contributed by atoms with Crippen molar-refractivity contribution in [2.75, 3.05) is 0 Å². The van der Waals surface area contributed by atoms with Gasteiger partial charge in [-0.2, -0.15) is 0 Å². The van der Waals surface area contributed by atoms with Crippen molar-refractivity contribution in [1.29, 1.82) is 0 Å². The van der Waals surface area contributed by atoms with Crippen LogP contribution in [0, 0.1) is 0 Å². The second-order valence-corrected chi connectivity index (χ2v) is 8.28. The summed E-state index contributed by atoms with van der Waals surface area (Å²) in [7, 11) is 0. The Morgan fingerprint density at radius 3 is 1.43 bits per heavy atom. The van der Waals surface area contributed by atoms with Crippen molar-refractivity contribution in [3.63, 3.8) is 0 Å². The van der Waals surface area contributed by atoms with E-state index >= 15 is 0 Å². The fraction of sp³-hybridized carbons (Fsp3) is 0.154. The van der Waals surface area contributed by atoms with Gasteiger partial charge in [0, 0.05) is 54.4 Å². The van der Waals surface area contributed by atoms with Crippen molar-refractivity contribution in [3.8, 4) is 0 Å². The average Bonchev–Trinajstić information content (AvgIpc) is 3.55. The Bertz CT molecular complexity index is 1420. The molecule has 5 rings (SSSR count). The quantitative estimate of drug-likeness (QED) is 0.241. The first-order chi connectivity index (χ1) is 16.4. The number of aryl methyl sites for hydroxylation is 2. The number of fused-ring (bicyclic) bond motifs is 8. The molecule has 3 aromatic heterocycles. The van der Waals surface area contributed by atoms with Crippen LogP contribution in [0.4, 0.5) is 0 Å². The van der Waals surface area contributed by atoms with Gasteiger partial charge in [-0.15, -0.1) is 0 Å². The number of carboxylic acids is 2. The fourth-order valence-electron chi connectivity index (χ4n) is 4.11. The smallest absolute Gasteiger partial charge is 0.303 e. The van der Waals surface area contributed by atoms with E-state index in [0.717, 1.165) is 56.0 Å². The molecule has 0 aromatic carbocycles. The molecule has 0 saturated heterocycles. The van der Waals surface area contributed by atoms with Crippen molar-refractivity contribution >= 4 is 58.3 Å². The maximum Gasteiger partial charge on any atom is 0.303 e. The van der Waals surface area contributed by atoms with Crippen molar-refractivity contribution in [2.24, 2.45) is 0 Å². The monoisotopic (exact) mass is 518 g/mol. The van der Waals surface area contributed by atoms with Crippen LogP contribution < -0.4 is 0 Å². The van der Waals surface area contributed by atoms with Crippen LogP contribution in [0.3, 0.4) is 0 Å². The molecular formula is C26H22N4O4Zn. The van der Waals surface area contributed by atoms with E-state index in [1.165, 1.54) is 0 Å². The second kappa shape index (κ2) is 10.2. The maximum absolute atomic E-state index is 11.2. The molecular weight excluding hydrogens is 498 g/mol. The van der Waals surface area contributed by atoms with E-state index in [-0.39, 0.29) is 32.3 Å². The molecule has 8 nitrogen and oxygen atoms in total. The number of H-pyrrole nitrogens is 2. The SMILES string of the molecule is O=C(O)CCc1cc2cc3nc(cc4nc(cc5cc(CCC(=O)O)c(cc1[nH]2)[nH]5)C=C4)C=C3.[Zn]. The number of nitrogens with one attached hydrogen (secondary N) is 2. The Morgan fingerprint density at radius 1 is 0.629 bits per heavy atom. The number of carbonyl (C=O) groups is 2. The molecule has 0 amide bonds. The summed E-state index contributed by atoms with van der Waals surface area (Å²) in [5, 5.41) is 18.4. The Labute approximate surface area is 213 Å². The zero-order valence-electron chi connectivity index (χ0n) is 18.9. The molecule has 0 fully saturated rings. The predicted molar refractivity (Wildman–Crippen MR) is 131 cm³/mol. The molecule has 0 unspecified atom stereocenters. The van der Waals surface area contributed by atoms with Gasteiger partial charge in [-0.05, 0) is 84.7 Å². The number of hydrogen-bond acceptors (Lipinski definition) is 4. The zero-order chi connectivity index (χ0) is 23.7. The van der Waals surface area contributed by atoms with Gasteiger partial charge in [0.2, 0.25) is 0 Å². The maximum atomic E-state index is 11.2. The summed E-state index contributed by atoms with van der Waals surface area (Å²) >= 11 is 0. The van der Waals surface area contributed by atoms with Crippen LogP contribution in [0.25, 0.3) is 46.4 Å². The van der Waals surface area contributed by atoms with Crippen LogP contribution >= 0.6 is 0 Å². The van der Waals surface area contributed by atoms with Crippen molar-refractivity contribution in [1.82, 2.24) is 19.9 Å². The third-order valence-corrected chi connectivity index (χ3v) is 5.68. The Hall–Kier alpha value is -3.84. The summed E-state index contributed by atoms with van der Waals surface area (Å²) in [5.41, 5.74) is 8.04. The summed E-state index contributed by atoms with van der Waals surface area (Å²) in [6, 6.07) is 11.5. The van der Waals surface area contributed by atoms with Gasteiger partial charge in [-0.25, -0.2) is 9.97 Å². The standard InChI is InChI=1S/C26H22N4O4.Zn/c31-25(32)7-1-15-9-21-12-19-5-3-17(27-19)11-18-4-6-20(28-18)13-22-10-16(2-8-26(33)34)24(30-22)14-23(15)29-21;/h3-6,9-14,29-30H,1-2,7-8H2,(H,31,32)(H,33,34);. The fourth-order valence-corrected chi connectivity index (χ4v) is 4.11. The van der Waals surface area contributed by atoms with Crippen LogP contribution in [-0.2, 0) is 41.9 Å². The Balaban J connectivity index is 0.00000289. The predicted octanol–water partition coefficient (Wildman–Crippen LogP) is 4.69. The Kier molecular flexibility index (Phi) is 7.08. The number of nitrogens with zero attached hydrogens (tertiary/aromatic N) is 2. The summed E-state index contributed by atoms with van der Waals surface area (Å²) in [6.07, 6.45) is 8.43. The minimum Gasteiger partial charge on any atom is -0.481 e. The molecule has 172 valence electrons. The number of rotatable bonds is 6. The molecule has 0 saturated carbocycles. The molecule has 2 aliphatic heterocycles. The third-order valence-electron chi connectivity index (χ3n) is 5.68. The Morgan fingerprint density at radius 2 is 1.03 bits per heavy atom. The summed E-state index contributed by atoms with van der Waals surface area (Å²) in [4.78, 5) is 38.4. The first-order valence-corrected chi connectivity index (χ1v) is 10.9. The van der Waals surface area contributed by atoms with E-state index in [2.05, 4.69) is 19.9 Å². The van der Waals surface area contributed by atoms with E-state index in [1.54, 1.807) is 0 Å². The summed E-state index contributed by atoms with van der Waals surface area (Å²) in [5.74, 6) is -1.73. The van der Waals surface area contributed by atoms with E-state index in [0.29, 0.717) is 12.8 Å². The van der Waals surface area contributed by atoms with E-state index in [1.807, 2.05) is 60.7 Å². The van der Waals surface area contributed by atoms with Crippen LogP contribution in [0.2, 0.25) is 0 Å². The van der Waals surface area contributed by atoms with Gasteiger partial charge in [-0.3, -0.25) is 9.59 Å². The zero-order valence-corrected chi connectivity index (χ0v) is 21.9. The van der Waals surface area contributed by atoms with Gasteiger partial charge in [0.05, 0.1) is 22.8 Å². The van der Waals surface area contributed by atoms with Crippen LogP contribution in [0.5, 0.6) is 0 Å². The molecule has 5 heterocycles. The molecule has 2 aliphatic rings. The normalized spacial score (nSPS) is 11.9. The van der Waals surface area contributed by atoms with Crippen molar-refractivity contribution in [2.45, 2.75) is 25.7 Å². The van der Waals surface area contributed by atoms with Gasteiger partial charge >= 0.3 is 11.9 Å². The molecule has 0 aliphatic carbocycles. The van der Waals surface area contributed by atoms with Gasteiger partial charge in [0.25, 0.3) is 0 Å². The number of aromatic nitrogens is 4. The topological polar surface area (TPSA) is 132 Å². The van der Waals surface area contributed by atoms with Gasteiger partial charge in [0.1, 0.15) is 0 Å². The second-order valence-electron chi connectivity index (χ2n) is 8.28. The molecule has 8 bridgehead atoms. The van der Waals surface area contributed by atoms with Crippen LogP contribution in [-0.4, -0.2) is 42.1 Å². The molecule has 9 heteroatoms. The molecule has 0 atom stereocenters. The van der Waals surface area contributed by atoms with E-state index in [4.69, 9.17) is 0 Å². The van der Waals surface area contributed by atoms with Gasteiger partial charge in [0.15, 0.2) is 0 Å². The molecule has 35 heavy (non-hydrogen) atoms. The number of carboxylic acid groups (broad SMARTS) is 2. The van der Waals surface area contributed by atoms with Gasteiger partial charge in [-0.1, -0.05) is 0 Å². The molecule has 4 N–H and O–H groups in total.